The van der Waals surface area contributed by atoms with Gasteiger partial charge in [0.15, 0.2) is 11.5 Å². The van der Waals surface area contributed by atoms with E-state index < -0.39 is 0 Å². The van der Waals surface area contributed by atoms with Gasteiger partial charge in [-0.1, -0.05) is 6.07 Å². The summed E-state index contributed by atoms with van der Waals surface area (Å²) >= 11 is 0. The standard InChI is InChI=1S/C21H25N3O3.2ClH/c1-26-18-5-4-16(11-19(18)27-14-15-3-2-8-23-13-15)24-20(25)17-12-21(17)6-9-22-10-7-21;;/h2-5,8,11,13,17,22H,6-7,9-10,12,14H2,1H3,(H,24,25);2*1H. The zero-order chi connectivity index (χ0) is 18.7. The molecule has 1 amide bonds. The Morgan fingerprint density at radius 3 is 2.72 bits per heavy atom. The highest BCUT2D eigenvalue weighted by Gasteiger charge is 2.57. The molecule has 2 aliphatic rings. The Kier molecular flexibility index (Phi) is 8.14. The number of carbonyl (C=O) groups is 1. The number of nitrogens with zero attached hydrogens (tertiary/aromatic N) is 1. The summed E-state index contributed by atoms with van der Waals surface area (Å²) in [6.45, 7) is 2.41. The quantitative estimate of drug-likeness (QED) is 0.714. The summed E-state index contributed by atoms with van der Waals surface area (Å²) in [5.74, 6) is 1.48. The lowest BCUT2D eigenvalue weighted by Gasteiger charge is -2.23. The molecule has 1 unspecified atom stereocenters. The van der Waals surface area contributed by atoms with Gasteiger partial charge >= 0.3 is 0 Å². The molecule has 2 fully saturated rings. The van der Waals surface area contributed by atoms with E-state index in [-0.39, 0.29) is 42.1 Å². The smallest absolute Gasteiger partial charge is 0.228 e. The van der Waals surface area contributed by atoms with Crippen molar-refractivity contribution in [3.63, 3.8) is 0 Å². The van der Waals surface area contributed by atoms with Gasteiger partial charge in [0.25, 0.3) is 0 Å². The van der Waals surface area contributed by atoms with Gasteiger partial charge in [-0.3, -0.25) is 9.78 Å². The molecular formula is C21H27Cl2N3O3. The van der Waals surface area contributed by atoms with Crippen molar-refractivity contribution in [2.45, 2.75) is 25.9 Å². The van der Waals surface area contributed by atoms with Gasteiger partial charge in [0.05, 0.1) is 7.11 Å². The fourth-order valence-electron chi connectivity index (χ4n) is 3.94. The number of aromatic nitrogens is 1. The van der Waals surface area contributed by atoms with Crippen LogP contribution in [-0.4, -0.2) is 31.1 Å². The van der Waals surface area contributed by atoms with Gasteiger partial charge in [0, 0.05) is 35.6 Å². The predicted octanol–water partition coefficient (Wildman–Crippen LogP) is 3.84. The molecule has 0 radical (unpaired) electrons. The van der Waals surface area contributed by atoms with Crippen LogP contribution in [0.3, 0.4) is 0 Å². The van der Waals surface area contributed by atoms with Gasteiger partial charge in [-0.15, -0.1) is 24.8 Å². The van der Waals surface area contributed by atoms with Gasteiger partial charge in [0.2, 0.25) is 5.91 Å². The number of rotatable bonds is 6. The van der Waals surface area contributed by atoms with E-state index in [0.717, 1.165) is 43.6 Å². The number of methoxy groups -OCH3 is 1. The number of anilines is 1. The van der Waals surface area contributed by atoms with Crippen LogP contribution in [0.2, 0.25) is 0 Å². The molecule has 1 aromatic carbocycles. The van der Waals surface area contributed by atoms with Crippen LogP contribution in [-0.2, 0) is 11.4 Å². The van der Waals surface area contributed by atoms with Crippen LogP contribution in [0.15, 0.2) is 42.7 Å². The largest absolute Gasteiger partial charge is 0.493 e. The summed E-state index contributed by atoms with van der Waals surface area (Å²) in [6, 6.07) is 9.33. The highest BCUT2D eigenvalue weighted by atomic mass is 35.5. The first-order valence-electron chi connectivity index (χ1n) is 9.41. The summed E-state index contributed by atoms with van der Waals surface area (Å²) < 4.78 is 11.3. The number of hydrogen-bond donors (Lipinski definition) is 2. The number of pyridine rings is 1. The van der Waals surface area contributed by atoms with Gasteiger partial charge in [-0.05, 0) is 56.0 Å². The number of ether oxygens (including phenoxy) is 2. The van der Waals surface area contributed by atoms with Crippen molar-refractivity contribution >= 4 is 36.4 Å². The third-order valence-electron chi connectivity index (χ3n) is 5.65. The first-order chi connectivity index (χ1) is 13.2. The zero-order valence-electron chi connectivity index (χ0n) is 16.3. The van der Waals surface area contributed by atoms with E-state index in [0.29, 0.717) is 18.1 Å². The Morgan fingerprint density at radius 2 is 2.03 bits per heavy atom. The van der Waals surface area contributed by atoms with E-state index in [9.17, 15) is 4.79 Å². The molecule has 1 atom stereocenters. The molecule has 1 aliphatic carbocycles. The molecule has 1 aliphatic heterocycles. The number of nitrogens with one attached hydrogen (secondary N) is 2. The topological polar surface area (TPSA) is 72.5 Å². The maximum Gasteiger partial charge on any atom is 0.228 e. The Bertz CT molecular complexity index is 814. The molecule has 2 N–H and O–H groups in total. The molecule has 4 rings (SSSR count). The van der Waals surface area contributed by atoms with Crippen molar-refractivity contribution in [1.82, 2.24) is 10.3 Å². The summed E-state index contributed by atoms with van der Waals surface area (Å²) in [4.78, 5) is 16.8. The Hall–Kier alpha value is -2.02. The van der Waals surface area contributed by atoms with Gasteiger partial charge in [-0.2, -0.15) is 0 Å². The molecule has 2 aromatic rings. The number of benzene rings is 1. The first kappa shape index (κ1) is 23.3. The predicted molar refractivity (Wildman–Crippen MR) is 117 cm³/mol. The lowest BCUT2D eigenvalue weighted by molar-refractivity contribution is -0.118. The van der Waals surface area contributed by atoms with Gasteiger partial charge in [0.1, 0.15) is 6.61 Å². The monoisotopic (exact) mass is 439 g/mol. The first-order valence-corrected chi connectivity index (χ1v) is 9.41. The molecule has 2 heterocycles. The van der Waals surface area contributed by atoms with E-state index in [1.54, 1.807) is 19.5 Å². The highest BCUT2D eigenvalue weighted by Crippen LogP contribution is 2.58. The number of halogens is 2. The normalized spacial score (nSPS) is 18.7. The molecule has 1 saturated carbocycles. The van der Waals surface area contributed by atoms with Crippen molar-refractivity contribution in [3.05, 3.63) is 48.3 Å². The lowest BCUT2D eigenvalue weighted by atomic mass is 9.92. The molecule has 0 bridgehead atoms. The fourth-order valence-corrected chi connectivity index (χ4v) is 3.94. The maximum absolute atomic E-state index is 12.7. The summed E-state index contributed by atoms with van der Waals surface area (Å²) in [6.07, 6.45) is 6.68. The van der Waals surface area contributed by atoms with E-state index in [1.165, 1.54) is 0 Å². The van der Waals surface area contributed by atoms with Crippen molar-refractivity contribution in [2.75, 3.05) is 25.5 Å². The van der Waals surface area contributed by atoms with E-state index in [1.807, 2.05) is 30.3 Å². The summed E-state index contributed by atoms with van der Waals surface area (Å²) in [5, 5.41) is 6.43. The van der Waals surface area contributed by atoms with Crippen LogP contribution in [0, 0.1) is 11.3 Å². The minimum atomic E-state index is 0. The molecule has 1 saturated heterocycles. The summed E-state index contributed by atoms with van der Waals surface area (Å²) in [7, 11) is 1.61. The third-order valence-corrected chi connectivity index (χ3v) is 5.65. The SMILES string of the molecule is COc1ccc(NC(=O)C2CC23CCNCC3)cc1OCc1cccnc1.Cl.Cl. The Morgan fingerprint density at radius 1 is 1.24 bits per heavy atom. The van der Waals surface area contributed by atoms with E-state index >= 15 is 0 Å². The van der Waals surface area contributed by atoms with Crippen molar-refractivity contribution in [1.29, 1.82) is 0 Å². The van der Waals surface area contributed by atoms with Crippen LogP contribution in [0.1, 0.15) is 24.8 Å². The number of piperidine rings is 1. The maximum atomic E-state index is 12.7. The number of amides is 1. The molecule has 158 valence electrons. The minimum absolute atomic E-state index is 0. The molecule has 6 nitrogen and oxygen atoms in total. The van der Waals surface area contributed by atoms with Crippen LogP contribution < -0.4 is 20.1 Å². The molecule has 1 aromatic heterocycles. The second kappa shape index (κ2) is 10.1. The number of hydrogen-bond acceptors (Lipinski definition) is 5. The molecule has 8 heteroatoms. The lowest BCUT2D eigenvalue weighted by Crippen LogP contribution is -2.31. The third kappa shape index (κ3) is 5.32. The Balaban J connectivity index is 0.00000150. The van der Waals surface area contributed by atoms with Gasteiger partial charge in [-0.25, -0.2) is 0 Å². The molecular weight excluding hydrogens is 413 g/mol. The average Bonchev–Trinajstić information content (AvgIpc) is 3.40. The van der Waals surface area contributed by atoms with Crippen LogP contribution in [0.4, 0.5) is 5.69 Å². The van der Waals surface area contributed by atoms with Crippen LogP contribution in [0.5, 0.6) is 11.5 Å². The van der Waals surface area contributed by atoms with Crippen LogP contribution in [0.25, 0.3) is 0 Å². The fraction of sp³-hybridized carbons (Fsp3) is 0.429. The minimum Gasteiger partial charge on any atom is -0.493 e. The van der Waals surface area contributed by atoms with Crippen LogP contribution >= 0.6 is 24.8 Å². The highest BCUT2D eigenvalue weighted by molar-refractivity contribution is 5.95. The molecule has 29 heavy (non-hydrogen) atoms. The molecule has 1 spiro atoms. The van der Waals surface area contributed by atoms with Gasteiger partial charge < -0.3 is 20.1 Å². The zero-order valence-corrected chi connectivity index (χ0v) is 18.0. The van der Waals surface area contributed by atoms with E-state index in [4.69, 9.17) is 9.47 Å². The average molecular weight is 440 g/mol. The number of carbonyl (C=O) groups excluding carboxylic acids is 1. The van der Waals surface area contributed by atoms with Crippen molar-refractivity contribution < 1.29 is 14.3 Å². The van der Waals surface area contributed by atoms with E-state index in [2.05, 4.69) is 15.6 Å². The second-order valence-electron chi connectivity index (χ2n) is 7.37. The van der Waals surface area contributed by atoms with Crippen molar-refractivity contribution in [3.8, 4) is 11.5 Å². The summed E-state index contributed by atoms with van der Waals surface area (Å²) in [5.41, 5.74) is 1.93. The van der Waals surface area contributed by atoms with Crippen molar-refractivity contribution in [2.24, 2.45) is 11.3 Å². The Labute approximate surface area is 183 Å². The second-order valence-corrected chi connectivity index (χ2v) is 7.37.